The van der Waals surface area contributed by atoms with Crippen molar-refractivity contribution in [1.29, 1.82) is 0 Å². The lowest BCUT2D eigenvalue weighted by Crippen LogP contribution is -2.09. The van der Waals surface area contributed by atoms with Crippen molar-refractivity contribution in [2.45, 2.75) is 20.4 Å². The Morgan fingerprint density at radius 1 is 1.35 bits per heavy atom. The first kappa shape index (κ1) is 14.1. The zero-order valence-electron chi connectivity index (χ0n) is 11.1. The van der Waals surface area contributed by atoms with Gasteiger partial charge < -0.3 is 10.6 Å². The van der Waals surface area contributed by atoms with Gasteiger partial charge in [-0.1, -0.05) is 0 Å². The second kappa shape index (κ2) is 6.24. The van der Waals surface area contributed by atoms with Gasteiger partial charge in [0.25, 0.3) is 0 Å². The van der Waals surface area contributed by atoms with Crippen molar-refractivity contribution >= 4 is 28.7 Å². The average molecular weight is 294 g/mol. The maximum atomic E-state index is 11.2. The van der Waals surface area contributed by atoms with Crippen molar-refractivity contribution in [1.82, 2.24) is 15.0 Å². The highest BCUT2D eigenvalue weighted by atomic mass is 32.1. The Balaban J connectivity index is 2.22. The molecule has 20 heavy (non-hydrogen) atoms. The molecule has 0 spiro atoms. The predicted molar refractivity (Wildman–Crippen MR) is 77.0 cm³/mol. The molecule has 0 saturated carbocycles. The van der Waals surface area contributed by atoms with Crippen LogP contribution in [0.3, 0.4) is 0 Å². The van der Waals surface area contributed by atoms with Gasteiger partial charge in [0, 0.05) is 17.6 Å². The molecule has 0 aliphatic rings. The Hall–Kier alpha value is -2.29. The fourth-order valence-electron chi connectivity index (χ4n) is 1.62. The minimum Gasteiger partial charge on any atom is -0.364 e. The molecular weight excluding hydrogens is 280 g/mol. The van der Waals surface area contributed by atoms with Crippen molar-refractivity contribution in [3.8, 4) is 0 Å². The molecule has 0 radical (unpaired) electrons. The first-order chi connectivity index (χ1) is 9.61. The molecule has 0 atom stereocenters. The van der Waals surface area contributed by atoms with Gasteiger partial charge in [0.15, 0.2) is 0 Å². The van der Waals surface area contributed by atoms with Gasteiger partial charge in [0.1, 0.15) is 11.3 Å². The third-order valence-corrected chi connectivity index (χ3v) is 3.39. The van der Waals surface area contributed by atoms with E-state index in [4.69, 9.17) is 0 Å². The number of nitro groups is 1. The van der Waals surface area contributed by atoms with Crippen molar-refractivity contribution in [2.75, 3.05) is 17.2 Å². The maximum absolute atomic E-state index is 11.2. The fraction of sp³-hybridized carbons (Fsp3) is 0.364. The molecule has 0 aromatic carbocycles. The summed E-state index contributed by atoms with van der Waals surface area (Å²) in [5.41, 5.74) is 0.778. The molecule has 0 bridgehead atoms. The molecule has 2 aromatic heterocycles. The molecule has 2 heterocycles. The lowest BCUT2D eigenvalue weighted by molar-refractivity contribution is -0.383. The van der Waals surface area contributed by atoms with E-state index in [0.29, 0.717) is 13.1 Å². The van der Waals surface area contributed by atoms with Gasteiger partial charge in [0.2, 0.25) is 11.6 Å². The Labute approximate surface area is 119 Å². The van der Waals surface area contributed by atoms with Crippen LogP contribution >= 0.6 is 11.3 Å². The van der Waals surface area contributed by atoms with Gasteiger partial charge >= 0.3 is 5.69 Å². The summed E-state index contributed by atoms with van der Waals surface area (Å²) in [6.07, 6.45) is 1.29. The highest BCUT2D eigenvalue weighted by Gasteiger charge is 2.22. The number of thiazole rings is 1. The van der Waals surface area contributed by atoms with Crippen LogP contribution < -0.4 is 10.6 Å². The number of aryl methyl sites for hydroxylation is 1. The van der Waals surface area contributed by atoms with Crippen LogP contribution in [0.2, 0.25) is 0 Å². The molecule has 0 unspecified atom stereocenters. The molecule has 2 aromatic rings. The van der Waals surface area contributed by atoms with Crippen molar-refractivity contribution in [2.24, 2.45) is 0 Å². The first-order valence-corrected chi connectivity index (χ1v) is 6.88. The van der Waals surface area contributed by atoms with Gasteiger partial charge in [-0.2, -0.15) is 0 Å². The minimum atomic E-state index is -0.493. The van der Waals surface area contributed by atoms with Crippen LogP contribution in [0.1, 0.15) is 17.6 Å². The minimum absolute atomic E-state index is 0.150. The summed E-state index contributed by atoms with van der Waals surface area (Å²) < 4.78 is 0. The van der Waals surface area contributed by atoms with E-state index in [9.17, 15) is 10.1 Å². The van der Waals surface area contributed by atoms with Gasteiger partial charge in [0.05, 0.1) is 11.5 Å². The number of nitrogens with zero attached hydrogens (tertiary/aromatic N) is 4. The number of hydrogen-bond acceptors (Lipinski definition) is 8. The molecular formula is C11H14N6O2S. The SMILES string of the molecule is CCNc1ncnc(NCc2nc(C)cs2)c1[N+](=O)[O-]. The summed E-state index contributed by atoms with van der Waals surface area (Å²) in [7, 11) is 0. The Morgan fingerprint density at radius 3 is 2.60 bits per heavy atom. The predicted octanol–water partition coefficient (Wildman–Crippen LogP) is 2.19. The fourth-order valence-corrected chi connectivity index (χ4v) is 2.33. The Bertz CT molecular complexity index is 615. The highest BCUT2D eigenvalue weighted by Crippen LogP contribution is 2.29. The van der Waals surface area contributed by atoms with Crippen LogP contribution in [-0.4, -0.2) is 26.4 Å². The summed E-state index contributed by atoms with van der Waals surface area (Å²) in [4.78, 5) is 22.8. The van der Waals surface area contributed by atoms with E-state index < -0.39 is 4.92 Å². The van der Waals surface area contributed by atoms with Crippen molar-refractivity contribution in [3.05, 3.63) is 32.5 Å². The van der Waals surface area contributed by atoms with Gasteiger partial charge in [-0.15, -0.1) is 11.3 Å². The third kappa shape index (κ3) is 3.18. The van der Waals surface area contributed by atoms with Crippen LogP contribution in [0.4, 0.5) is 17.3 Å². The summed E-state index contributed by atoms with van der Waals surface area (Å²) in [5.74, 6) is 0.402. The average Bonchev–Trinajstić information content (AvgIpc) is 2.82. The Morgan fingerprint density at radius 2 is 2.05 bits per heavy atom. The van der Waals surface area contributed by atoms with E-state index >= 15 is 0 Å². The molecule has 9 heteroatoms. The first-order valence-electron chi connectivity index (χ1n) is 6.00. The van der Waals surface area contributed by atoms with Crippen LogP contribution in [0.5, 0.6) is 0 Å². The Kier molecular flexibility index (Phi) is 4.41. The topological polar surface area (TPSA) is 106 Å². The van der Waals surface area contributed by atoms with Gasteiger partial charge in [-0.05, 0) is 13.8 Å². The van der Waals surface area contributed by atoms with Crippen LogP contribution in [0.15, 0.2) is 11.7 Å². The number of anilines is 2. The smallest absolute Gasteiger partial charge is 0.353 e. The maximum Gasteiger partial charge on any atom is 0.353 e. The summed E-state index contributed by atoms with van der Waals surface area (Å²) in [5, 5.41) is 19.7. The van der Waals surface area contributed by atoms with Crippen LogP contribution in [-0.2, 0) is 6.54 Å². The van der Waals surface area contributed by atoms with Crippen LogP contribution in [0, 0.1) is 17.0 Å². The van der Waals surface area contributed by atoms with E-state index in [1.807, 2.05) is 19.2 Å². The van der Waals surface area contributed by atoms with Crippen molar-refractivity contribution in [3.63, 3.8) is 0 Å². The number of hydrogen-bond donors (Lipinski definition) is 2. The summed E-state index contributed by atoms with van der Waals surface area (Å²) >= 11 is 1.50. The molecule has 8 nitrogen and oxygen atoms in total. The number of rotatable bonds is 6. The molecule has 0 saturated heterocycles. The summed E-state index contributed by atoms with van der Waals surface area (Å²) in [6, 6.07) is 0. The molecule has 0 amide bonds. The van der Waals surface area contributed by atoms with Crippen molar-refractivity contribution < 1.29 is 4.92 Å². The second-order valence-corrected chi connectivity index (χ2v) is 4.89. The normalized spacial score (nSPS) is 10.3. The van der Waals surface area contributed by atoms with E-state index in [0.717, 1.165) is 10.7 Å². The third-order valence-electron chi connectivity index (χ3n) is 2.42. The van der Waals surface area contributed by atoms with E-state index in [2.05, 4.69) is 25.6 Å². The lowest BCUT2D eigenvalue weighted by atomic mass is 10.4. The molecule has 2 rings (SSSR count). The largest absolute Gasteiger partial charge is 0.364 e. The number of aromatic nitrogens is 3. The zero-order valence-corrected chi connectivity index (χ0v) is 11.9. The monoisotopic (exact) mass is 294 g/mol. The highest BCUT2D eigenvalue weighted by molar-refractivity contribution is 7.09. The van der Waals surface area contributed by atoms with E-state index in [1.54, 1.807) is 0 Å². The molecule has 0 fully saturated rings. The molecule has 0 aliphatic carbocycles. The molecule has 106 valence electrons. The summed E-state index contributed by atoms with van der Waals surface area (Å²) in [6.45, 7) is 4.68. The second-order valence-electron chi connectivity index (χ2n) is 3.94. The van der Waals surface area contributed by atoms with E-state index in [-0.39, 0.29) is 17.3 Å². The zero-order chi connectivity index (χ0) is 14.5. The van der Waals surface area contributed by atoms with Gasteiger partial charge in [-0.25, -0.2) is 15.0 Å². The standard InChI is InChI=1S/C11H14N6O2S/c1-3-12-10-9(17(18)19)11(15-6-14-10)13-4-8-16-7(2)5-20-8/h5-6H,3-4H2,1-2H3,(H2,12,13,14,15). The molecule has 2 N–H and O–H groups in total. The lowest BCUT2D eigenvalue weighted by Gasteiger charge is -2.07. The molecule has 0 aliphatic heterocycles. The van der Waals surface area contributed by atoms with Gasteiger partial charge in [-0.3, -0.25) is 10.1 Å². The number of nitrogens with one attached hydrogen (secondary N) is 2. The van der Waals surface area contributed by atoms with E-state index in [1.165, 1.54) is 17.7 Å². The quantitative estimate of drug-likeness (QED) is 0.621. The van der Waals surface area contributed by atoms with Crippen LogP contribution in [0.25, 0.3) is 0 Å².